The molecular weight excluding hydrogens is 1250 g/mol. The standard InChI is InChI=1S/C9H16O.C9H10O.3C8H7ClO.C8H6F2O.2C8H14O.C7H12O.C6H10O/c1-8(10)9(2)6-4-3-5-7-9;1-7-5-3-4-6-9(7)8(2)10;1-6(10)7-2-4-8(9)5-3-7;1-6(10)7-3-2-4-8(9)5-7;1-6(10)7-4-2-3-5-8(7)9;1-5(11)8-6(9)3-2-4-7(8)10;1-7(9)8(2)5-3-4-6-8;1-7(9)8-5-3-2-4-6-8;1-6(8)7-4-2-3-5-7;1-5(7)6(2)3-4-6/h3-7H2,1-2H3;3-6H,1-2H3;3*2-5H,1H3;2-4H,1H3;3-6H2,1-2H3;8H,2-6H2,1H3;7H,2-5H2,1H3;3-4H2,1-2H3. The third-order valence-corrected chi connectivity index (χ3v) is 18.7. The molecule has 15 heteroatoms. The molecule has 5 fully saturated rings. The minimum Gasteiger partial charge on any atom is -0.300 e. The summed E-state index contributed by atoms with van der Waals surface area (Å²) in [6, 6.07) is 31.7. The van der Waals surface area contributed by atoms with Crippen molar-refractivity contribution in [1.82, 2.24) is 0 Å². The van der Waals surface area contributed by atoms with Gasteiger partial charge in [0.15, 0.2) is 28.9 Å². The van der Waals surface area contributed by atoms with E-state index in [1.54, 1.807) is 114 Å². The summed E-state index contributed by atoms with van der Waals surface area (Å²) in [6.45, 7) is 24.0. The lowest BCUT2D eigenvalue weighted by atomic mass is 9.73. The molecular formula is C79H103Cl3F2O10. The van der Waals surface area contributed by atoms with Gasteiger partial charge in [-0.1, -0.05) is 174 Å². The predicted octanol–water partition coefficient (Wildman–Crippen LogP) is 22.0. The van der Waals surface area contributed by atoms with Crippen molar-refractivity contribution < 1.29 is 56.7 Å². The van der Waals surface area contributed by atoms with E-state index in [4.69, 9.17) is 34.8 Å². The van der Waals surface area contributed by atoms with Crippen LogP contribution in [-0.4, -0.2) is 57.8 Å². The lowest BCUT2D eigenvalue weighted by Gasteiger charge is -2.30. The molecule has 0 amide bonds. The molecule has 5 aromatic rings. The summed E-state index contributed by atoms with van der Waals surface area (Å²) in [5, 5.41) is 1.78. The van der Waals surface area contributed by atoms with E-state index in [1.165, 1.54) is 91.0 Å². The van der Waals surface area contributed by atoms with Gasteiger partial charge in [0.2, 0.25) is 0 Å². The van der Waals surface area contributed by atoms with Gasteiger partial charge in [0.25, 0.3) is 0 Å². The van der Waals surface area contributed by atoms with Crippen LogP contribution in [0.15, 0.2) is 115 Å². The van der Waals surface area contributed by atoms with Gasteiger partial charge in [0, 0.05) is 60.4 Å². The van der Waals surface area contributed by atoms with Gasteiger partial charge in [-0.25, -0.2) is 8.78 Å². The third kappa shape index (κ3) is 33.8. The SMILES string of the molecule is CC(=O)C1(C)CC1.CC(=O)C1(C)CCCC1.CC(=O)C1(C)CCCCC1.CC(=O)C1CCCC1.CC(=O)C1CCCCC1.CC(=O)c1c(F)cccc1F.CC(=O)c1ccc(Cl)cc1.CC(=O)c1cccc(Cl)c1.CC(=O)c1ccccc1C.CC(=O)c1ccccc1Cl. The van der Waals surface area contributed by atoms with Gasteiger partial charge in [-0.3, -0.25) is 47.9 Å². The average Bonchev–Trinajstić information content (AvgIpc) is 1.66. The fourth-order valence-electron chi connectivity index (χ4n) is 10.5. The molecule has 5 aliphatic rings. The highest BCUT2D eigenvalue weighted by Gasteiger charge is 2.41. The zero-order chi connectivity index (χ0) is 71.4. The van der Waals surface area contributed by atoms with Crippen LogP contribution in [-0.2, 0) is 24.0 Å². The number of carbonyl (C=O) groups excluding carboxylic acids is 10. The molecule has 0 aromatic heterocycles. The van der Waals surface area contributed by atoms with Crippen molar-refractivity contribution in [2.45, 2.75) is 225 Å². The fourth-order valence-corrected chi connectivity index (χ4v) is 11.1. The Hall–Kier alpha value is -6.47. The van der Waals surface area contributed by atoms with Crippen LogP contribution in [0.5, 0.6) is 0 Å². The minimum absolute atomic E-state index is 0.00519. The second kappa shape index (κ2) is 44.3. The number of carbonyl (C=O) groups is 10. The first-order valence-corrected chi connectivity index (χ1v) is 34.0. The van der Waals surface area contributed by atoms with Gasteiger partial charge >= 0.3 is 0 Å². The number of ketones is 10. The average molecular weight is 1360 g/mol. The molecule has 0 aliphatic heterocycles. The number of benzene rings is 5. The highest BCUT2D eigenvalue weighted by atomic mass is 35.5. The molecule has 5 aromatic carbocycles. The molecule has 0 bridgehead atoms. The smallest absolute Gasteiger partial charge is 0.165 e. The van der Waals surface area contributed by atoms with Crippen molar-refractivity contribution in [1.29, 1.82) is 0 Å². The van der Waals surface area contributed by atoms with Gasteiger partial charge in [-0.2, -0.15) is 0 Å². The van der Waals surface area contributed by atoms with Crippen molar-refractivity contribution in [2.75, 3.05) is 0 Å². The zero-order valence-electron chi connectivity index (χ0n) is 58.2. The maximum atomic E-state index is 12.6. The van der Waals surface area contributed by atoms with Crippen LogP contribution in [0, 0.1) is 46.6 Å². The first kappa shape index (κ1) is 85.5. The van der Waals surface area contributed by atoms with Crippen molar-refractivity contribution in [3.8, 4) is 0 Å². The third-order valence-electron chi connectivity index (χ3n) is 17.9. The molecule has 0 atom stereocenters. The Morgan fingerprint density at radius 3 is 1.00 bits per heavy atom. The van der Waals surface area contributed by atoms with Crippen LogP contribution in [0.1, 0.15) is 276 Å². The van der Waals surface area contributed by atoms with Crippen LogP contribution in [0.25, 0.3) is 0 Å². The first-order chi connectivity index (χ1) is 44.0. The molecule has 0 unspecified atom stereocenters. The Morgan fingerprint density at radius 1 is 0.362 bits per heavy atom. The second-order valence-electron chi connectivity index (χ2n) is 25.8. The van der Waals surface area contributed by atoms with E-state index in [1.807, 2.05) is 38.1 Å². The van der Waals surface area contributed by atoms with Crippen molar-refractivity contribution in [2.24, 2.45) is 28.1 Å². The summed E-state index contributed by atoms with van der Waals surface area (Å²) in [4.78, 5) is 108. The number of rotatable bonds is 10. The molecule has 0 saturated heterocycles. The molecule has 5 saturated carbocycles. The highest BCUT2D eigenvalue weighted by Crippen LogP contribution is 2.45. The van der Waals surface area contributed by atoms with Crippen LogP contribution in [0.3, 0.4) is 0 Å². The molecule has 0 heterocycles. The number of hydrogen-bond donors (Lipinski definition) is 0. The Kier molecular flexibility index (Phi) is 40.3. The van der Waals surface area contributed by atoms with Gasteiger partial charge in [-0.05, 0) is 207 Å². The van der Waals surface area contributed by atoms with Crippen LogP contribution in [0.2, 0.25) is 15.1 Å². The molecule has 0 spiro atoms. The monoisotopic (exact) mass is 1350 g/mol. The van der Waals surface area contributed by atoms with Gasteiger partial charge in [0.05, 0.1) is 10.6 Å². The summed E-state index contributed by atoms with van der Waals surface area (Å²) in [6.07, 6.45) is 24.0. The Balaban J connectivity index is 0.000000523. The van der Waals surface area contributed by atoms with Crippen molar-refractivity contribution >= 4 is 92.6 Å². The molecule has 10 rings (SSSR count). The number of halogens is 5. The second-order valence-corrected chi connectivity index (χ2v) is 27.1. The van der Waals surface area contributed by atoms with E-state index in [0.29, 0.717) is 72.5 Å². The van der Waals surface area contributed by atoms with E-state index in [-0.39, 0.29) is 39.4 Å². The van der Waals surface area contributed by atoms with Gasteiger partial charge < -0.3 is 0 Å². The summed E-state index contributed by atoms with van der Waals surface area (Å²) >= 11 is 16.9. The van der Waals surface area contributed by atoms with E-state index < -0.39 is 23.0 Å². The van der Waals surface area contributed by atoms with Gasteiger partial charge in [0.1, 0.15) is 40.6 Å². The van der Waals surface area contributed by atoms with Crippen LogP contribution >= 0.6 is 34.8 Å². The first-order valence-electron chi connectivity index (χ1n) is 32.9. The minimum atomic E-state index is -0.808. The van der Waals surface area contributed by atoms with Crippen molar-refractivity contribution in [3.63, 3.8) is 0 Å². The lowest BCUT2D eigenvalue weighted by Crippen LogP contribution is -2.27. The molecule has 0 radical (unpaired) electrons. The Bertz CT molecular complexity index is 3170. The van der Waals surface area contributed by atoms with E-state index in [2.05, 4.69) is 13.8 Å². The highest BCUT2D eigenvalue weighted by molar-refractivity contribution is 6.33. The van der Waals surface area contributed by atoms with E-state index in [9.17, 15) is 56.7 Å². The Labute approximate surface area is 574 Å². The maximum Gasteiger partial charge on any atom is 0.165 e. The summed E-state index contributed by atoms with van der Waals surface area (Å²) < 4.78 is 25.3. The number of aryl methyl sites for hydroxylation is 1. The quantitative estimate of drug-likeness (QED) is 0.123. The molecule has 5 aliphatic carbocycles. The van der Waals surface area contributed by atoms with Crippen LogP contribution < -0.4 is 0 Å². The van der Waals surface area contributed by atoms with E-state index in [0.717, 1.165) is 94.4 Å². The lowest BCUT2D eigenvalue weighted by molar-refractivity contribution is -0.127. The molecule has 0 N–H and O–H groups in total. The number of Topliss-reactive ketones (excluding diaryl/α,β-unsaturated/α-hetero) is 10. The summed E-state index contributed by atoms with van der Waals surface area (Å²) in [5.41, 5.74) is 3.56. The largest absolute Gasteiger partial charge is 0.300 e. The molecule has 514 valence electrons. The fraction of sp³-hybridized carbons (Fsp3) is 0.494. The summed E-state index contributed by atoms with van der Waals surface area (Å²) in [7, 11) is 0. The Morgan fingerprint density at radius 2 is 0.723 bits per heavy atom. The summed E-state index contributed by atoms with van der Waals surface area (Å²) in [5.74, 6) is 0.782. The number of hydrogen-bond acceptors (Lipinski definition) is 10. The zero-order valence-corrected chi connectivity index (χ0v) is 60.5. The maximum absolute atomic E-state index is 12.6. The predicted molar refractivity (Wildman–Crippen MR) is 379 cm³/mol. The van der Waals surface area contributed by atoms with Crippen molar-refractivity contribution in [3.05, 3.63) is 175 Å². The van der Waals surface area contributed by atoms with Crippen LogP contribution in [0.4, 0.5) is 8.78 Å². The molecule has 10 nitrogen and oxygen atoms in total. The normalized spacial score (nSPS) is 15.8. The van der Waals surface area contributed by atoms with Gasteiger partial charge in [-0.15, -0.1) is 0 Å². The molecule has 94 heavy (non-hydrogen) atoms. The topological polar surface area (TPSA) is 171 Å². The van der Waals surface area contributed by atoms with E-state index >= 15 is 0 Å².